The van der Waals surface area contributed by atoms with E-state index >= 15 is 0 Å². The van der Waals surface area contributed by atoms with E-state index in [0.717, 1.165) is 42.7 Å². The molecule has 0 amide bonds. The summed E-state index contributed by atoms with van der Waals surface area (Å²) in [5.41, 5.74) is 3.03. The fraction of sp³-hybridized carbons (Fsp3) is 0.429. The summed E-state index contributed by atoms with van der Waals surface area (Å²) < 4.78 is 38.9. The predicted octanol–water partition coefficient (Wildman–Crippen LogP) is 4.35. The van der Waals surface area contributed by atoms with E-state index in [4.69, 9.17) is 0 Å². The van der Waals surface area contributed by atoms with E-state index in [1.54, 1.807) is 6.07 Å². The zero-order valence-electron chi connectivity index (χ0n) is 15.8. The molecule has 0 unspecified atom stereocenters. The van der Waals surface area contributed by atoms with E-state index < -0.39 is 9.84 Å². The lowest BCUT2D eigenvalue weighted by Crippen LogP contribution is -2.40. The van der Waals surface area contributed by atoms with Gasteiger partial charge in [-0.15, -0.1) is 12.4 Å². The van der Waals surface area contributed by atoms with Crippen LogP contribution in [0.4, 0.5) is 4.39 Å². The van der Waals surface area contributed by atoms with E-state index in [9.17, 15) is 12.8 Å². The molecule has 1 fully saturated rings. The molecule has 1 aliphatic rings. The summed E-state index contributed by atoms with van der Waals surface area (Å²) in [7, 11) is -3.27. The first-order valence-electron chi connectivity index (χ1n) is 9.14. The number of benzene rings is 2. The summed E-state index contributed by atoms with van der Waals surface area (Å²) in [6.45, 7) is 6.30. The molecule has 0 aliphatic carbocycles. The van der Waals surface area contributed by atoms with Gasteiger partial charge in [-0.25, -0.2) is 12.8 Å². The van der Waals surface area contributed by atoms with Gasteiger partial charge in [0.2, 0.25) is 0 Å². The zero-order valence-corrected chi connectivity index (χ0v) is 17.5. The fourth-order valence-electron chi connectivity index (χ4n) is 3.68. The highest BCUT2D eigenvalue weighted by Gasteiger charge is 2.32. The van der Waals surface area contributed by atoms with E-state index in [1.807, 2.05) is 38.1 Å². The third-order valence-electron chi connectivity index (χ3n) is 5.24. The molecule has 0 radical (unpaired) electrons. The minimum atomic E-state index is -3.27. The number of rotatable bonds is 5. The highest BCUT2D eigenvalue weighted by atomic mass is 35.5. The van der Waals surface area contributed by atoms with Crippen molar-refractivity contribution in [3.63, 3.8) is 0 Å². The lowest BCUT2D eigenvalue weighted by atomic mass is 10.1. The molecule has 0 saturated carbocycles. The standard InChI is InChI=1S/C21H26FNO2S.ClH/c1-16-3-8-21(17(2)15-16)26(24,25)20-10-13-23(14-11-20)12-9-18-4-6-19(22)7-5-18;/h3-8,15,20H,9-14H2,1-2H3;1H. The van der Waals surface area contributed by atoms with Crippen molar-refractivity contribution in [3.05, 3.63) is 65.0 Å². The van der Waals surface area contributed by atoms with E-state index in [1.165, 1.54) is 12.1 Å². The van der Waals surface area contributed by atoms with Gasteiger partial charge < -0.3 is 4.90 Å². The van der Waals surface area contributed by atoms with Crippen molar-refractivity contribution < 1.29 is 12.8 Å². The second-order valence-corrected chi connectivity index (χ2v) is 9.43. The molecule has 6 heteroatoms. The van der Waals surface area contributed by atoms with Crippen molar-refractivity contribution >= 4 is 22.2 Å². The number of sulfone groups is 1. The van der Waals surface area contributed by atoms with E-state index in [0.29, 0.717) is 17.7 Å². The Hall–Kier alpha value is -1.43. The van der Waals surface area contributed by atoms with Gasteiger partial charge in [0.1, 0.15) is 5.82 Å². The maximum Gasteiger partial charge on any atom is 0.181 e. The van der Waals surface area contributed by atoms with Gasteiger partial charge in [0.05, 0.1) is 10.1 Å². The molecule has 0 bridgehead atoms. The average Bonchev–Trinajstić information content (AvgIpc) is 2.61. The van der Waals surface area contributed by atoms with Crippen LogP contribution in [0, 0.1) is 19.7 Å². The maximum absolute atomic E-state index is 13.0. The molecular formula is C21H27ClFNO2S. The molecule has 0 atom stereocenters. The van der Waals surface area contributed by atoms with Crippen LogP contribution in [0.15, 0.2) is 47.4 Å². The molecular weight excluding hydrogens is 385 g/mol. The minimum absolute atomic E-state index is 0. The largest absolute Gasteiger partial charge is 0.303 e. The summed E-state index contributed by atoms with van der Waals surface area (Å²) in [4.78, 5) is 2.78. The van der Waals surface area contributed by atoms with Gasteiger partial charge in [0.15, 0.2) is 9.84 Å². The van der Waals surface area contributed by atoms with Crippen LogP contribution >= 0.6 is 12.4 Å². The highest BCUT2D eigenvalue weighted by Crippen LogP contribution is 2.27. The number of halogens is 2. The SMILES string of the molecule is Cc1ccc(S(=O)(=O)C2CCN(CCc3ccc(F)cc3)CC2)c(C)c1.Cl. The molecule has 1 aliphatic heterocycles. The first-order valence-corrected chi connectivity index (χ1v) is 10.7. The molecule has 2 aromatic carbocycles. The summed E-state index contributed by atoms with van der Waals surface area (Å²) in [5.74, 6) is -0.217. The molecule has 3 nitrogen and oxygen atoms in total. The normalized spacial score (nSPS) is 16.1. The average molecular weight is 412 g/mol. The Morgan fingerprint density at radius 2 is 1.67 bits per heavy atom. The Kier molecular flexibility index (Phi) is 7.43. The quantitative estimate of drug-likeness (QED) is 0.734. The number of piperidine rings is 1. The fourth-order valence-corrected chi connectivity index (χ4v) is 5.64. The van der Waals surface area contributed by atoms with Gasteiger partial charge in [-0.3, -0.25) is 0 Å². The van der Waals surface area contributed by atoms with E-state index in [2.05, 4.69) is 4.90 Å². The Morgan fingerprint density at radius 1 is 1.04 bits per heavy atom. The van der Waals surface area contributed by atoms with Crippen LogP contribution in [0.3, 0.4) is 0 Å². The topological polar surface area (TPSA) is 37.4 Å². The predicted molar refractivity (Wildman–Crippen MR) is 110 cm³/mol. The maximum atomic E-state index is 13.0. The summed E-state index contributed by atoms with van der Waals surface area (Å²) >= 11 is 0. The first kappa shape index (κ1) is 21.9. The Morgan fingerprint density at radius 3 is 2.26 bits per heavy atom. The van der Waals surface area contributed by atoms with Crippen LogP contribution in [-0.4, -0.2) is 38.2 Å². The van der Waals surface area contributed by atoms with Crippen molar-refractivity contribution in [2.45, 2.75) is 43.3 Å². The summed E-state index contributed by atoms with van der Waals surface area (Å²) in [6, 6.07) is 12.2. The molecule has 148 valence electrons. The van der Waals surface area contributed by atoms with Crippen LogP contribution in [-0.2, 0) is 16.3 Å². The summed E-state index contributed by atoms with van der Waals surface area (Å²) in [5, 5.41) is -0.300. The third-order valence-corrected chi connectivity index (χ3v) is 7.66. The first-order chi connectivity index (χ1) is 12.4. The van der Waals surface area contributed by atoms with Gasteiger partial charge in [-0.1, -0.05) is 29.8 Å². The number of aryl methyl sites for hydroxylation is 2. The van der Waals surface area contributed by atoms with Crippen LogP contribution in [0.1, 0.15) is 29.5 Å². The van der Waals surface area contributed by atoms with Crippen molar-refractivity contribution in [1.82, 2.24) is 4.90 Å². The van der Waals surface area contributed by atoms with Crippen LogP contribution in [0.25, 0.3) is 0 Å². The molecule has 0 aromatic heterocycles. The number of likely N-dealkylation sites (tertiary alicyclic amines) is 1. The Bertz CT molecular complexity index is 860. The van der Waals surface area contributed by atoms with Gasteiger partial charge >= 0.3 is 0 Å². The highest BCUT2D eigenvalue weighted by molar-refractivity contribution is 7.92. The molecule has 1 saturated heterocycles. The zero-order chi connectivity index (χ0) is 18.7. The van der Waals surface area contributed by atoms with Gasteiger partial charge in [-0.05, 0) is 75.5 Å². The Balaban J connectivity index is 0.00000261. The van der Waals surface area contributed by atoms with Crippen LogP contribution in [0.2, 0.25) is 0 Å². The second-order valence-electron chi connectivity index (χ2n) is 7.23. The lowest BCUT2D eigenvalue weighted by molar-refractivity contribution is 0.232. The third kappa shape index (κ3) is 5.31. The molecule has 0 N–H and O–H groups in total. The Labute approximate surface area is 167 Å². The molecule has 2 aromatic rings. The lowest BCUT2D eigenvalue weighted by Gasteiger charge is -2.32. The smallest absolute Gasteiger partial charge is 0.181 e. The van der Waals surface area contributed by atoms with Gasteiger partial charge in [0, 0.05) is 6.54 Å². The molecule has 1 heterocycles. The van der Waals surface area contributed by atoms with Crippen molar-refractivity contribution in [1.29, 1.82) is 0 Å². The molecule has 3 rings (SSSR count). The second kappa shape index (κ2) is 9.18. The summed E-state index contributed by atoms with van der Waals surface area (Å²) in [6.07, 6.45) is 2.19. The number of nitrogens with zero attached hydrogens (tertiary/aromatic N) is 1. The number of hydrogen-bond donors (Lipinski definition) is 0. The number of hydrogen-bond acceptors (Lipinski definition) is 3. The molecule has 0 spiro atoms. The van der Waals surface area contributed by atoms with Gasteiger partial charge in [-0.2, -0.15) is 0 Å². The molecule has 27 heavy (non-hydrogen) atoms. The minimum Gasteiger partial charge on any atom is -0.303 e. The monoisotopic (exact) mass is 411 g/mol. The van der Waals surface area contributed by atoms with E-state index in [-0.39, 0.29) is 23.5 Å². The van der Waals surface area contributed by atoms with Crippen molar-refractivity contribution in [2.24, 2.45) is 0 Å². The van der Waals surface area contributed by atoms with Crippen LogP contribution in [0.5, 0.6) is 0 Å². The van der Waals surface area contributed by atoms with Crippen molar-refractivity contribution in [2.75, 3.05) is 19.6 Å². The van der Waals surface area contributed by atoms with Crippen LogP contribution < -0.4 is 0 Å². The van der Waals surface area contributed by atoms with Crippen molar-refractivity contribution in [3.8, 4) is 0 Å². The van der Waals surface area contributed by atoms with Gasteiger partial charge in [0.25, 0.3) is 0 Å².